The molecule has 4 atom stereocenters. The van der Waals surface area contributed by atoms with Crippen molar-refractivity contribution in [2.24, 2.45) is 5.73 Å². The number of nitrogens with zero attached hydrogens (tertiary/aromatic N) is 3. The van der Waals surface area contributed by atoms with Gasteiger partial charge in [-0.2, -0.15) is 5.26 Å². The summed E-state index contributed by atoms with van der Waals surface area (Å²) in [5, 5.41) is 20.1. The highest BCUT2D eigenvalue weighted by molar-refractivity contribution is 6.00. The number of hydrogen-bond donors (Lipinski definition) is 5. The maximum absolute atomic E-state index is 14.8. The van der Waals surface area contributed by atoms with Crippen LogP contribution in [0.1, 0.15) is 99.6 Å². The summed E-state index contributed by atoms with van der Waals surface area (Å²) in [5.41, 5.74) is 11.1. The Morgan fingerprint density at radius 1 is 0.925 bits per heavy atom. The van der Waals surface area contributed by atoms with Crippen LogP contribution in [0.4, 0.5) is 0 Å². The van der Waals surface area contributed by atoms with Crippen molar-refractivity contribution in [1.82, 2.24) is 31.2 Å². The van der Waals surface area contributed by atoms with Crippen LogP contribution in [-0.4, -0.2) is 98.0 Å². The number of benzene rings is 3. The number of amides is 5. The van der Waals surface area contributed by atoms with E-state index in [9.17, 15) is 29.2 Å². The van der Waals surface area contributed by atoms with Gasteiger partial charge in [-0.3, -0.25) is 24.0 Å². The van der Waals surface area contributed by atoms with E-state index >= 15 is 0 Å². The SMILES string of the molecule is CCCOc1ccc2cc1-c1cc(ccc1OCCN)[C@H](N(C)C(=O)[C@H](CCC)NC(=O)c1cc(OC)c(-c3ccc(C(C)(C)C)cc3)nc1C)C(=O)N[C@@H](C)C(=O)N[C@H](C(=O)NCC#N)C2. The smallest absolute Gasteiger partial charge is 0.253 e. The molecule has 0 saturated heterocycles. The van der Waals surface area contributed by atoms with Gasteiger partial charge in [-0.15, -0.1) is 0 Å². The zero-order chi connectivity index (χ0) is 49.0. The third kappa shape index (κ3) is 12.5. The minimum atomic E-state index is -1.35. The molecule has 0 radical (unpaired) electrons. The number of ether oxygens (including phenoxy) is 3. The van der Waals surface area contributed by atoms with E-state index in [1.807, 2.05) is 50.2 Å². The molecule has 3 aromatic carbocycles. The molecule has 1 aromatic heterocycles. The number of rotatable bonds is 16. The van der Waals surface area contributed by atoms with Crippen molar-refractivity contribution in [3.8, 4) is 45.7 Å². The van der Waals surface area contributed by atoms with Crippen LogP contribution in [0.3, 0.4) is 0 Å². The van der Waals surface area contributed by atoms with Crippen molar-refractivity contribution < 1.29 is 38.2 Å². The molecule has 356 valence electrons. The van der Waals surface area contributed by atoms with Crippen LogP contribution in [-0.2, 0) is 31.0 Å². The van der Waals surface area contributed by atoms with Crippen LogP contribution in [0.5, 0.6) is 17.2 Å². The molecule has 67 heavy (non-hydrogen) atoms. The predicted octanol–water partition coefficient (Wildman–Crippen LogP) is 5.44. The molecular formula is C51H64N8O8. The highest BCUT2D eigenvalue weighted by atomic mass is 16.5. The number of nitriles is 1. The summed E-state index contributed by atoms with van der Waals surface area (Å²) in [4.78, 5) is 76.9. The average molecular weight is 917 g/mol. The lowest BCUT2D eigenvalue weighted by atomic mass is 9.86. The lowest BCUT2D eigenvalue weighted by Gasteiger charge is -2.32. The molecule has 16 heteroatoms. The lowest BCUT2D eigenvalue weighted by molar-refractivity contribution is -0.141. The molecular weight excluding hydrogens is 853 g/mol. The van der Waals surface area contributed by atoms with Gasteiger partial charge in [-0.05, 0) is 79.1 Å². The van der Waals surface area contributed by atoms with Gasteiger partial charge in [0.25, 0.3) is 5.91 Å². The van der Waals surface area contributed by atoms with Gasteiger partial charge in [0.2, 0.25) is 23.6 Å². The minimum Gasteiger partial charge on any atom is -0.494 e. The molecule has 16 nitrogen and oxygen atoms in total. The first-order valence-corrected chi connectivity index (χ1v) is 22.7. The van der Waals surface area contributed by atoms with Gasteiger partial charge in [0, 0.05) is 36.7 Å². The number of carbonyl (C=O) groups is 5. The van der Waals surface area contributed by atoms with Gasteiger partial charge in [0.05, 0.1) is 31.0 Å². The highest BCUT2D eigenvalue weighted by Gasteiger charge is 2.36. The normalized spacial score (nSPS) is 16.5. The molecule has 4 bridgehead atoms. The molecule has 0 saturated carbocycles. The van der Waals surface area contributed by atoms with E-state index in [-0.39, 0.29) is 43.5 Å². The highest BCUT2D eigenvalue weighted by Crippen LogP contribution is 2.40. The van der Waals surface area contributed by atoms with Gasteiger partial charge >= 0.3 is 0 Å². The molecule has 0 aliphatic carbocycles. The Morgan fingerprint density at radius 2 is 1.60 bits per heavy atom. The van der Waals surface area contributed by atoms with Gasteiger partial charge in [-0.25, -0.2) is 4.98 Å². The van der Waals surface area contributed by atoms with Crippen molar-refractivity contribution in [2.45, 2.75) is 104 Å². The minimum absolute atomic E-state index is 0.0335. The van der Waals surface area contributed by atoms with Crippen molar-refractivity contribution in [2.75, 3.05) is 40.5 Å². The fourth-order valence-electron chi connectivity index (χ4n) is 7.84. The second-order valence-electron chi connectivity index (χ2n) is 17.6. The van der Waals surface area contributed by atoms with E-state index in [1.54, 1.807) is 43.3 Å². The molecule has 0 fully saturated rings. The van der Waals surface area contributed by atoms with E-state index in [4.69, 9.17) is 24.9 Å². The predicted molar refractivity (Wildman–Crippen MR) is 255 cm³/mol. The van der Waals surface area contributed by atoms with Crippen LogP contribution in [0, 0.1) is 18.3 Å². The first kappa shape index (κ1) is 51.0. The summed E-state index contributed by atoms with van der Waals surface area (Å²) in [6, 6.07) is 17.2. The Morgan fingerprint density at radius 3 is 2.22 bits per heavy atom. The quantitative estimate of drug-likeness (QED) is 0.0890. The second-order valence-corrected chi connectivity index (χ2v) is 17.6. The van der Waals surface area contributed by atoms with Crippen molar-refractivity contribution in [1.29, 1.82) is 5.26 Å². The van der Waals surface area contributed by atoms with E-state index in [1.165, 1.54) is 26.0 Å². The Labute approximate surface area is 393 Å². The van der Waals surface area contributed by atoms with E-state index in [2.05, 4.69) is 42.0 Å². The third-order valence-electron chi connectivity index (χ3n) is 11.5. The zero-order valence-corrected chi connectivity index (χ0v) is 40.0. The third-order valence-corrected chi connectivity index (χ3v) is 11.5. The maximum atomic E-state index is 14.8. The topological polar surface area (TPSA) is 227 Å². The first-order valence-electron chi connectivity index (χ1n) is 22.7. The molecule has 0 unspecified atom stereocenters. The summed E-state index contributed by atoms with van der Waals surface area (Å²) in [6.07, 6.45) is 1.46. The lowest BCUT2D eigenvalue weighted by Crippen LogP contribution is -2.56. The van der Waals surface area contributed by atoms with Crippen LogP contribution in [0.15, 0.2) is 66.7 Å². The van der Waals surface area contributed by atoms with Gasteiger partial charge in [-0.1, -0.05) is 77.4 Å². The van der Waals surface area contributed by atoms with E-state index in [0.717, 1.165) is 11.1 Å². The fourth-order valence-corrected chi connectivity index (χ4v) is 7.84. The zero-order valence-electron chi connectivity index (χ0n) is 40.0. The molecule has 5 rings (SSSR count). The number of aromatic nitrogens is 1. The largest absolute Gasteiger partial charge is 0.494 e. The Hall–Kier alpha value is -6.99. The van der Waals surface area contributed by atoms with Crippen molar-refractivity contribution in [3.05, 3.63) is 94.7 Å². The van der Waals surface area contributed by atoms with E-state index < -0.39 is 53.7 Å². The summed E-state index contributed by atoms with van der Waals surface area (Å²) < 4.78 is 18.1. The number of nitrogens with one attached hydrogen (secondary N) is 4. The van der Waals surface area contributed by atoms with Crippen LogP contribution in [0.2, 0.25) is 0 Å². The van der Waals surface area contributed by atoms with E-state index in [0.29, 0.717) is 70.3 Å². The molecule has 1 aliphatic heterocycles. The molecule has 1 aliphatic rings. The number of likely N-dealkylation sites (N-methyl/N-ethyl adjacent to an activating group) is 1. The molecule has 0 spiro atoms. The van der Waals surface area contributed by atoms with Crippen LogP contribution >= 0.6 is 0 Å². The maximum Gasteiger partial charge on any atom is 0.253 e. The number of methoxy groups -OCH3 is 1. The number of carbonyl (C=O) groups excluding carboxylic acids is 5. The average Bonchev–Trinajstić information content (AvgIpc) is 3.30. The Bertz CT molecular complexity index is 2480. The van der Waals surface area contributed by atoms with Gasteiger partial charge < -0.3 is 46.1 Å². The number of aryl methyl sites for hydroxylation is 1. The number of hydrogen-bond acceptors (Lipinski definition) is 11. The van der Waals surface area contributed by atoms with Crippen LogP contribution in [0.25, 0.3) is 22.4 Å². The molecule has 6 N–H and O–H groups in total. The van der Waals surface area contributed by atoms with Gasteiger partial charge in [0.15, 0.2) is 0 Å². The Kier molecular flexibility index (Phi) is 17.5. The molecule has 2 heterocycles. The van der Waals surface area contributed by atoms with Gasteiger partial charge in [0.1, 0.15) is 60.3 Å². The van der Waals surface area contributed by atoms with Crippen molar-refractivity contribution in [3.63, 3.8) is 0 Å². The number of nitrogens with two attached hydrogens (primary N) is 1. The van der Waals surface area contributed by atoms with Crippen molar-refractivity contribution >= 4 is 29.5 Å². The summed E-state index contributed by atoms with van der Waals surface area (Å²) in [7, 11) is 2.97. The monoisotopic (exact) mass is 916 g/mol. The first-order chi connectivity index (χ1) is 31.9. The number of pyridine rings is 1. The second kappa shape index (κ2) is 23.0. The molecule has 5 amide bonds. The number of fused-ring (bicyclic) bond motifs is 5. The standard InChI is InChI=1S/C51H64N8O8/c1-10-12-39(57-47(61)36-29-43(65-9)44(55-30(36)3)33-14-17-35(18-15-33)51(5,6)7)50(64)59(8)45-34-16-20-42(67-25-22-53)38(28-34)37-26-32(13-19-41(37)66-24-11-2)27-40(48(62)54-23-21-52)58-46(60)31(4)56-49(45)63/h13-20,26,28-29,31,39-40,45H,10-12,22-25,27,53H2,1-9H3,(H,54,62)(H,56,63)(H,57,61)(H,58,60)/t31-,39-,40-,45-/m0/s1. The summed E-state index contributed by atoms with van der Waals surface area (Å²) >= 11 is 0. The van der Waals surface area contributed by atoms with Crippen LogP contribution < -0.4 is 41.2 Å². The summed E-state index contributed by atoms with van der Waals surface area (Å²) in [6.45, 7) is 13.9. The summed E-state index contributed by atoms with van der Waals surface area (Å²) in [5.74, 6) is -1.83. The molecule has 4 aromatic rings. The Balaban J connectivity index is 1.58. The fraction of sp³-hybridized carbons (Fsp3) is 0.431.